The second kappa shape index (κ2) is 6.38. The summed E-state index contributed by atoms with van der Waals surface area (Å²) in [5, 5.41) is 9.47. The van der Waals surface area contributed by atoms with Crippen LogP contribution >= 0.6 is 12.6 Å². The van der Waals surface area contributed by atoms with Crippen LogP contribution in [-0.2, 0) is 0 Å². The standard InChI is InChI=1S/C13H14FN3OS/c14-10-4-2-9(3-5-10)11-8-12(17-16-11)13(18)15-6-1-7-19/h2-5,8,19H,1,6-7H2,(H,15,18)(H,16,17). The molecule has 19 heavy (non-hydrogen) atoms. The molecule has 1 heterocycles. The van der Waals surface area contributed by atoms with Crippen molar-refractivity contribution in [3.8, 4) is 11.3 Å². The van der Waals surface area contributed by atoms with Gasteiger partial charge >= 0.3 is 0 Å². The number of hydrogen-bond donors (Lipinski definition) is 3. The topological polar surface area (TPSA) is 57.8 Å². The molecule has 0 aliphatic rings. The first kappa shape index (κ1) is 13.6. The maximum atomic E-state index is 12.8. The van der Waals surface area contributed by atoms with Crippen LogP contribution in [0.3, 0.4) is 0 Å². The fourth-order valence-electron chi connectivity index (χ4n) is 1.58. The molecule has 2 rings (SSSR count). The average Bonchev–Trinajstić information content (AvgIpc) is 2.89. The van der Waals surface area contributed by atoms with Crippen molar-refractivity contribution >= 4 is 18.5 Å². The Bertz CT molecular complexity index is 553. The number of amides is 1. The molecule has 2 aromatic rings. The highest BCUT2D eigenvalue weighted by atomic mass is 32.1. The van der Waals surface area contributed by atoms with Crippen molar-refractivity contribution in [1.82, 2.24) is 15.5 Å². The summed E-state index contributed by atoms with van der Waals surface area (Å²) in [6.45, 7) is 0.577. The summed E-state index contributed by atoms with van der Waals surface area (Å²) in [6.07, 6.45) is 0.813. The first-order valence-electron chi connectivity index (χ1n) is 5.91. The largest absolute Gasteiger partial charge is 0.351 e. The van der Waals surface area contributed by atoms with Crippen LogP contribution < -0.4 is 5.32 Å². The van der Waals surface area contributed by atoms with Crippen LogP contribution in [0.5, 0.6) is 0 Å². The molecule has 1 aromatic heterocycles. The van der Waals surface area contributed by atoms with Gasteiger partial charge in [0.25, 0.3) is 5.91 Å². The predicted molar refractivity (Wildman–Crippen MR) is 74.8 cm³/mol. The second-order valence-corrected chi connectivity index (χ2v) is 4.45. The Morgan fingerprint density at radius 3 is 2.79 bits per heavy atom. The minimum atomic E-state index is -0.302. The molecule has 0 saturated carbocycles. The van der Waals surface area contributed by atoms with E-state index in [1.165, 1.54) is 12.1 Å². The van der Waals surface area contributed by atoms with Gasteiger partial charge in [-0.25, -0.2) is 4.39 Å². The molecule has 2 N–H and O–H groups in total. The summed E-state index contributed by atoms with van der Waals surface area (Å²) in [6, 6.07) is 7.60. The Morgan fingerprint density at radius 2 is 2.11 bits per heavy atom. The van der Waals surface area contributed by atoms with E-state index in [0.717, 1.165) is 17.7 Å². The molecular weight excluding hydrogens is 265 g/mol. The molecule has 0 aliphatic heterocycles. The van der Waals surface area contributed by atoms with E-state index >= 15 is 0 Å². The molecule has 1 amide bonds. The predicted octanol–water partition coefficient (Wildman–Crippen LogP) is 2.27. The quantitative estimate of drug-likeness (QED) is 0.581. The number of nitrogens with one attached hydrogen (secondary N) is 2. The molecule has 4 nitrogen and oxygen atoms in total. The lowest BCUT2D eigenvalue weighted by Gasteiger charge is -2.00. The molecular formula is C13H14FN3OS. The molecule has 0 unspecified atom stereocenters. The number of thiol groups is 1. The van der Waals surface area contributed by atoms with Gasteiger partial charge in [0.15, 0.2) is 0 Å². The number of benzene rings is 1. The summed E-state index contributed by atoms with van der Waals surface area (Å²) in [4.78, 5) is 11.8. The maximum Gasteiger partial charge on any atom is 0.269 e. The van der Waals surface area contributed by atoms with Gasteiger partial charge in [-0.1, -0.05) is 0 Å². The highest BCUT2D eigenvalue weighted by molar-refractivity contribution is 7.80. The molecule has 0 spiro atoms. The zero-order valence-electron chi connectivity index (χ0n) is 10.2. The van der Waals surface area contributed by atoms with Crippen LogP contribution in [0, 0.1) is 5.82 Å². The second-order valence-electron chi connectivity index (χ2n) is 4.01. The monoisotopic (exact) mass is 279 g/mol. The number of aromatic nitrogens is 2. The van der Waals surface area contributed by atoms with E-state index in [1.54, 1.807) is 18.2 Å². The van der Waals surface area contributed by atoms with Crippen molar-refractivity contribution in [2.45, 2.75) is 6.42 Å². The maximum absolute atomic E-state index is 12.8. The molecule has 6 heteroatoms. The van der Waals surface area contributed by atoms with Gasteiger partial charge in [0.05, 0.1) is 5.69 Å². The lowest BCUT2D eigenvalue weighted by atomic mass is 10.1. The Kier molecular flexibility index (Phi) is 4.57. The van der Waals surface area contributed by atoms with E-state index in [1.807, 2.05) is 0 Å². The molecule has 0 aliphatic carbocycles. The van der Waals surface area contributed by atoms with Gasteiger partial charge in [-0.15, -0.1) is 0 Å². The Hall–Kier alpha value is -1.82. The summed E-state index contributed by atoms with van der Waals surface area (Å²) in [5.74, 6) is 0.219. The Morgan fingerprint density at radius 1 is 1.37 bits per heavy atom. The Balaban J connectivity index is 2.06. The molecule has 1 aromatic carbocycles. The van der Waals surface area contributed by atoms with Crippen molar-refractivity contribution in [2.75, 3.05) is 12.3 Å². The highest BCUT2D eigenvalue weighted by Gasteiger charge is 2.10. The molecule has 0 saturated heterocycles. The van der Waals surface area contributed by atoms with Crippen molar-refractivity contribution in [3.05, 3.63) is 41.8 Å². The first-order chi connectivity index (χ1) is 9.20. The van der Waals surface area contributed by atoms with Crippen LogP contribution in [0.2, 0.25) is 0 Å². The summed E-state index contributed by atoms with van der Waals surface area (Å²) < 4.78 is 12.8. The van der Waals surface area contributed by atoms with Crippen molar-refractivity contribution < 1.29 is 9.18 Å². The van der Waals surface area contributed by atoms with E-state index in [0.29, 0.717) is 17.9 Å². The van der Waals surface area contributed by atoms with E-state index in [9.17, 15) is 9.18 Å². The molecule has 0 bridgehead atoms. The van der Waals surface area contributed by atoms with E-state index in [4.69, 9.17) is 0 Å². The van der Waals surface area contributed by atoms with E-state index < -0.39 is 0 Å². The minimum absolute atomic E-state index is 0.206. The third kappa shape index (κ3) is 3.57. The number of carbonyl (C=O) groups is 1. The average molecular weight is 279 g/mol. The van der Waals surface area contributed by atoms with Gasteiger partial charge in [-0.3, -0.25) is 9.89 Å². The van der Waals surface area contributed by atoms with Crippen LogP contribution in [0.15, 0.2) is 30.3 Å². The number of aromatic amines is 1. The molecule has 0 radical (unpaired) electrons. The van der Waals surface area contributed by atoms with Gasteiger partial charge < -0.3 is 5.32 Å². The summed E-state index contributed by atoms with van der Waals surface area (Å²) >= 11 is 4.07. The lowest BCUT2D eigenvalue weighted by molar-refractivity contribution is 0.0949. The van der Waals surface area contributed by atoms with Crippen molar-refractivity contribution in [3.63, 3.8) is 0 Å². The smallest absolute Gasteiger partial charge is 0.269 e. The van der Waals surface area contributed by atoms with E-state index in [2.05, 4.69) is 28.1 Å². The third-order valence-electron chi connectivity index (χ3n) is 2.58. The van der Waals surface area contributed by atoms with E-state index in [-0.39, 0.29) is 11.7 Å². The molecule has 100 valence electrons. The lowest BCUT2D eigenvalue weighted by Crippen LogP contribution is -2.24. The number of rotatable bonds is 5. The molecule has 0 fully saturated rings. The van der Waals surface area contributed by atoms with Crippen LogP contribution in [0.25, 0.3) is 11.3 Å². The van der Waals surface area contributed by atoms with Crippen LogP contribution in [0.1, 0.15) is 16.9 Å². The first-order valence-corrected chi connectivity index (χ1v) is 6.54. The number of hydrogen-bond acceptors (Lipinski definition) is 3. The zero-order valence-corrected chi connectivity index (χ0v) is 11.1. The number of H-pyrrole nitrogens is 1. The minimum Gasteiger partial charge on any atom is -0.351 e. The summed E-state index contributed by atoms with van der Waals surface area (Å²) in [7, 11) is 0. The highest BCUT2D eigenvalue weighted by Crippen LogP contribution is 2.17. The fourth-order valence-corrected chi connectivity index (χ4v) is 1.74. The fraction of sp³-hybridized carbons (Fsp3) is 0.231. The Labute approximate surface area is 115 Å². The third-order valence-corrected chi connectivity index (χ3v) is 2.90. The van der Waals surface area contributed by atoms with Gasteiger partial charge in [-0.2, -0.15) is 17.7 Å². The van der Waals surface area contributed by atoms with Crippen molar-refractivity contribution in [1.29, 1.82) is 0 Å². The number of nitrogens with zero attached hydrogens (tertiary/aromatic N) is 1. The summed E-state index contributed by atoms with van der Waals surface area (Å²) in [5.41, 5.74) is 1.75. The number of halogens is 1. The normalized spacial score (nSPS) is 10.4. The number of carbonyl (C=O) groups excluding carboxylic acids is 1. The van der Waals surface area contributed by atoms with Gasteiger partial charge in [-0.05, 0) is 42.5 Å². The molecule has 0 atom stereocenters. The van der Waals surface area contributed by atoms with Gasteiger partial charge in [0.1, 0.15) is 11.5 Å². The van der Waals surface area contributed by atoms with Gasteiger partial charge in [0.2, 0.25) is 0 Å². The van der Waals surface area contributed by atoms with Crippen molar-refractivity contribution in [2.24, 2.45) is 0 Å². The SMILES string of the molecule is O=C(NCCCS)c1cc(-c2ccc(F)cc2)n[nH]1. The van der Waals surface area contributed by atoms with Crippen LogP contribution in [-0.4, -0.2) is 28.4 Å². The van der Waals surface area contributed by atoms with Crippen LogP contribution in [0.4, 0.5) is 4.39 Å². The van der Waals surface area contributed by atoms with Gasteiger partial charge in [0, 0.05) is 12.1 Å². The zero-order chi connectivity index (χ0) is 13.7.